The summed E-state index contributed by atoms with van der Waals surface area (Å²) in [5, 5.41) is 4.06. The third-order valence-electron chi connectivity index (χ3n) is 4.66. The SMILES string of the molecule is COc1ccc(Cn2c(=O)c(OC)nn(-c3cccc(N(C)C(C)=O)c3)c2=O)cc1. The number of anilines is 1. The molecule has 0 radical (unpaired) electrons. The monoisotopic (exact) mass is 410 g/mol. The first-order valence-electron chi connectivity index (χ1n) is 9.11. The molecule has 0 aliphatic carbocycles. The lowest BCUT2D eigenvalue weighted by molar-refractivity contribution is -0.116. The van der Waals surface area contributed by atoms with Crippen LogP contribution in [-0.2, 0) is 11.3 Å². The molecule has 9 nitrogen and oxygen atoms in total. The van der Waals surface area contributed by atoms with Crippen LogP contribution in [0.3, 0.4) is 0 Å². The molecule has 3 aromatic rings. The van der Waals surface area contributed by atoms with Gasteiger partial charge < -0.3 is 14.4 Å². The fraction of sp³-hybridized carbons (Fsp3) is 0.238. The van der Waals surface area contributed by atoms with Gasteiger partial charge in [0.1, 0.15) is 5.75 Å². The summed E-state index contributed by atoms with van der Waals surface area (Å²) in [6, 6.07) is 13.8. The summed E-state index contributed by atoms with van der Waals surface area (Å²) in [4.78, 5) is 38.9. The van der Waals surface area contributed by atoms with Crippen molar-refractivity contribution in [3.05, 3.63) is 74.9 Å². The molecule has 0 fully saturated rings. The third-order valence-corrected chi connectivity index (χ3v) is 4.66. The van der Waals surface area contributed by atoms with Crippen molar-refractivity contribution >= 4 is 11.6 Å². The Kier molecular flexibility index (Phi) is 6.01. The van der Waals surface area contributed by atoms with E-state index in [-0.39, 0.29) is 18.3 Å². The second kappa shape index (κ2) is 8.64. The summed E-state index contributed by atoms with van der Waals surface area (Å²) in [5.74, 6) is 0.296. The van der Waals surface area contributed by atoms with Crippen molar-refractivity contribution in [2.24, 2.45) is 0 Å². The highest BCUT2D eigenvalue weighted by Gasteiger charge is 2.16. The van der Waals surface area contributed by atoms with Crippen LogP contribution in [-0.4, -0.2) is 41.5 Å². The van der Waals surface area contributed by atoms with Gasteiger partial charge in [-0.05, 0) is 35.9 Å². The van der Waals surface area contributed by atoms with Gasteiger partial charge in [-0.1, -0.05) is 18.2 Å². The van der Waals surface area contributed by atoms with Crippen LogP contribution in [0.1, 0.15) is 12.5 Å². The fourth-order valence-corrected chi connectivity index (χ4v) is 2.86. The molecule has 2 aromatic carbocycles. The number of carbonyl (C=O) groups is 1. The molecule has 0 N–H and O–H groups in total. The van der Waals surface area contributed by atoms with Crippen LogP contribution in [0, 0.1) is 0 Å². The van der Waals surface area contributed by atoms with Crippen molar-refractivity contribution in [3.8, 4) is 17.3 Å². The van der Waals surface area contributed by atoms with E-state index in [1.165, 1.54) is 18.9 Å². The summed E-state index contributed by atoms with van der Waals surface area (Å²) in [6.45, 7) is 1.47. The Morgan fingerprint density at radius 2 is 1.77 bits per heavy atom. The van der Waals surface area contributed by atoms with Crippen LogP contribution >= 0.6 is 0 Å². The molecule has 0 bridgehead atoms. The molecule has 30 heavy (non-hydrogen) atoms. The van der Waals surface area contributed by atoms with Gasteiger partial charge in [0.15, 0.2) is 0 Å². The number of benzene rings is 2. The number of ether oxygens (including phenoxy) is 2. The van der Waals surface area contributed by atoms with Gasteiger partial charge in [-0.15, -0.1) is 5.10 Å². The van der Waals surface area contributed by atoms with Crippen molar-refractivity contribution < 1.29 is 14.3 Å². The highest BCUT2D eigenvalue weighted by molar-refractivity contribution is 5.91. The predicted molar refractivity (Wildman–Crippen MR) is 112 cm³/mol. The minimum Gasteiger partial charge on any atom is -0.497 e. The lowest BCUT2D eigenvalue weighted by Gasteiger charge is -2.17. The van der Waals surface area contributed by atoms with Crippen molar-refractivity contribution in [1.29, 1.82) is 0 Å². The average Bonchev–Trinajstić information content (AvgIpc) is 2.76. The number of rotatable bonds is 6. The number of hydrogen-bond donors (Lipinski definition) is 0. The summed E-state index contributed by atoms with van der Waals surface area (Å²) < 4.78 is 12.4. The molecule has 1 aromatic heterocycles. The smallest absolute Gasteiger partial charge is 0.352 e. The Morgan fingerprint density at radius 3 is 2.37 bits per heavy atom. The van der Waals surface area contributed by atoms with Crippen molar-refractivity contribution in [1.82, 2.24) is 14.3 Å². The minimum absolute atomic E-state index is 0.0353. The molecule has 1 amide bonds. The zero-order valence-corrected chi connectivity index (χ0v) is 17.2. The van der Waals surface area contributed by atoms with Crippen LogP contribution < -0.4 is 25.6 Å². The highest BCUT2D eigenvalue weighted by Crippen LogP contribution is 2.17. The molecular weight excluding hydrogens is 388 g/mol. The standard InChI is InChI=1S/C21H22N4O5/c1-14(26)23(2)16-6-5-7-17(12-16)25-21(28)24(20(27)19(22-25)30-4)13-15-8-10-18(29-3)11-9-15/h5-12H,13H2,1-4H3. The second-order valence-corrected chi connectivity index (χ2v) is 6.54. The topological polar surface area (TPSA) is 95.7 Å². The number of methoxy groups -OCH3 is 2. The zero-order valence-electron chi connectivity index (χ0n) is 17.2. The van der Waals surface area contributed by atoms with Crippen LogP contribution in [0.5, 0.6) is 11.6 Å². The van der Waals surface area contributed by atoms with Gasteiger partial charge in [0.25, 0.3) is 5.88 Å². The lowest BCUT2D eigenvalue weighted by atomic mass is 10.2. The molecule has 0 saturated carbocycles. The summed E-state index contributed by atoms with van der Waals surface area (Å²) in [6.07, 6.45) is 0. The maximum Gasteiger partial charge on any atom is 0.352 e. The predicted octanol–water partition coefficient (Wildman–Crippen LogP) is 1.44. The fourth-order valence-electron chi connectivity index (χ4n) is 2.86. The van der Waals surface area contributed by atoms with Gasteiger partial charge in [-0.2, -0.15) is 4.68 Å². The van der Waals surface area contributed by atoms with Crippen LogP contribution in [0.15, 0.2) is 58.1 Å². The van der Waals surface area contributed by atoms with E-state index in [2.05, 4.69) is 5.10 Å². The first kappa shape index (κ1) is 20.8. The summed E-state index contributed by atoms with van der Waals surface area (Å²) in [5.41, 5.74) is 0.457. The molecular formula is C21H22N4O5. The summed E-state index contributed by atoms with van der Waals surface area (Å²) >= 11 is 0. The third kappa shape index (κ3) is 4.09. The van der Waals surface area contributed by atoms with Gasteiger partial charge in [-0.25, -0.2) is 9.36 Å². The zero-order chi connectivity index (χ0) is 21.8. The molecule has 3 rings (SSSR count). The van der Waals surface area contributed by atoms with Gasteiger partial charge in [0, 0.05) is 19.7 Å². The number of nitrogens with zero attached hydrogens (tertiary/aromatic N) is 4. The molecule has 0 spiro atoms. The number of aromatic nitrogens is 3. The van der Waals surface area contributed by atoms with Crippen LogP contribution in [0.4, 0.5) is 5.69 Å². The van der Waals surface area contributed by atoms with Gasteiger partial charge >= 0.3 is 11.2 Å². The first-order valence-corrected chi connectivity index (χ1v) is 9.11. The van der Waals surface area contributed by atoms with E-state index in [0.717, 1.165) is 14.8 Å². The average molecular weight is 410 g/mol. The minimum atomic E-state index is -0.633. The Hall–Kier alpha value is -3.88. The van der Waals surface area contributed by atoms with Gasteiger partial charge in [-0.3, -0.25) is 9.59 Å². The number of amides is 1. The van der Waals surface area contributed by atoms with E-state index in [1.807, 2.05) is 0 Å². The Morgan fingerprint density at radius 1 is 1.07 bits per heavy atom. The van der Waals surface area contributed by atoms with E-state index < -0.39 is 11.2 Å². The van der Waals surface area contributed by atoms with E-state index >= 15 is 0 Å². The summed E-state index contributed by atoms with van der Waals surface area (Å²) in [7, 11) is 4.50. The Balaban J connectivity index is 2.12. The van der Waals surface area contributed by atoms with E-state index in [0.29, 0.717) is 17.1 Å². The van der Waals surface area contributed by atoms with Crippen molar-refractivity contribution in [2.45, 2.75) is 13.5 Å². The quantitative estimate of drug-likeness (QED) is 0.610. The molecule has 0 aliphatic rings. The van der Waals surface area contributed by atoms with Gasteiger partial charge in [0.05, 0.1) is 26.5 Å². The Bertz CT molecular complexity index is 1180. The maximum atomic E-state index is 13.1. The second-order valence-electron chi connectivity index (χ2n) is 6.54. The number of carbonyl (C=O) groups excluding carboxylic acids is 1. The van der Waals surface area contributed by atoms with E-state index in [4.69, 9.17) is 9.47 Å². The first-order chi connectivity index (χ1) is 14.3. The highest BCUT2D eigenvalue weighted by atomic mass is 16.5. The Labute approximate surface area is 172 Å². The maximum absolute atomic E-state index is 13.1. The largest absolute Gasteiger partial charge is 0.497 e. The number of hydrogen-bond acceptors (Lipinski definition) is 6. The normalized spacial score (nSPS) is 10.5. The van der Waals surface area contributed by atoms with Gasteiger partial charge in [0.2, 0.25) is 5.91 Å². The van der Waals surface area contributed by atoms with E-state index in [9.17, 15) is 14.4 Å². The van der Waals surface area contributed by atoms with Crippen LogP contribution in [0.2, 0.25) is 0 Å². The molecule has 0 saturated heterocycles. The molecule has 9 heteroatoms. The van der Waals surface area contributed by atoms with Crippen molar-refractivity contribution in [3.63, 3.8) is 0 Å². The molecule has 156 valence electrons. The molecule has 0 atom stereocenters. The van der Waals surface area contributed by atoms with E-state index in [1.54, 1.807) is 62.7 Å². The lowest BCUT2D eigenvalue weighted by Crippen LogP contribution is -2.41. The van der Waals surface area contributed by atoms with Crippen molar-refractivity contribution in [2.75, 3.05) is 26.2 Å². The molecule has 0 unspecified atom stereocenters. The van der Waals surface area contributed by atoms with Crippen LogP contribution in [0.25, 0.3) is 5.69 Å². The molecule has 1 heterocycles. The molecule has 0 aliphatic heterocycles.